The van der Waals surface area contributed by atoms with E-state index in [4.69, 9.17) is 19.9 Å². The molecule has 1 aromatic heterocycles. The molecule has 6 heteroatoms. The average Bonchev–Trinajstić information content (AvgIpc) is 2.76. The number of benzene rings is 1. The van der Waals surface area contributed by atoms with Crippen LogP contribution < -0.4 is 19.9 Å². The monoisotopic (exact) mass is 263 g/mol. The van der Waals surface area contributed by atoms with Gasteiger partial charge in [0.2, 0.25) is 5.75 Å². The first kappa shape index (κ1) is 13.1. The van der Waals surface area contributed by atoms with E-state index >= 15 is 0 Å². The molecule has 2 aromatic rings. The van der Waals surface area contributed by atoms with Crippen LogP contribution in [0.15, 0.2) is 18.2 Å². The standard InChI is InChI=1S/C13H17N3O3/c1-16-11(14)7-9(15-16)8-5-6-10(17-2)13(19-4)12(8)18-3/h5-7H,14H2,1-4H3. The number of nitrogen functional groups attached to an aromatic ring is 1. The Morgan fingerprint density at radius 3 is 2.21 bits per heavy atom. The molecule has 0 atom stereocenters. The number of nitrogens with zero attached hydrogens (tertiary/aromatic N) is 2. The second-order valence-corrected chi connectivity index (χ2v) is 3.96. The highest BCUT2D eigenvalue weighted by molar-refractivity contribution is 5.75. The summed E-state index contributed by atoms with van der Waals surface area (Å²) < 4.78 is 17.6. The van der Waals surface area contributed by atoms with E-state index in [2.05, 4.69) is 5.10 Å². The normalized spacial score (nSPS) is 10.3. The van der Waals surface area contributed by atoms with Crippen LogP contribution in [0.3, 0.4) is 0 Å². The molecule has 6 nitrogen and oxygen atoms in total. The van der Waals surface area contributed by atoms with E-state index in [-0.39, 0.29) is 0 Å². The Balaban J connectivity index is 2.63. The van der Waals surface area contributed by atoms with Gasteiger partial charge in [-0.1, -0.05) is 0 Å². The summed E-state index contributed by atoms with van der Waals surface area (Å²) in [6, 6.07) is 5.45. The Morgan fingerprint density at radius 2 is 1.74 bits per heavy atom. The molecule has 0 saturated heterocycles. The maximum atomic E-state index is 5.80. The van der Waals surface area contributed by atoms with Gasteiger partial charge in [0, 0.05) is 18.7 Å². The van der Waals surface area contributed by atoms with Crippen molar-refractivity contribution in [1.29, 1.82) is 0 Å². The van der Waals surface area contributed by atoms with Crippen LogP contribution in [0.25, 0.3) is 11.3 Å². The summed E-state index contributed by atoms with van der Waals surface area (Å²) in [5.41, 5.74) is 7.32. The fourth-order valence-electron chi connectivity index (χ4n) is 1.92. The van der Waals surface area contributed by atoms with E-state index in [0.29, 0.717) is 23.1 Å². The Hall–Kier alpha value is -2.37. The quantitative estimate of drug-likeness (QED) is 0.909. The molecule has 0 spiro atoms. The summed E-state index contributed by atoms with van der Waals surface area (Å²) >= 11 is 0. The molecule has 2 N–H and O–H groups in total. The van der Waals surface area contributed by atoms with Gasteiger partial charge in [0.05, 0.1) is 27.0 Å². The minimum Gasteiger partial charge on any atom is -0.493 e. The molecule has 1 aromatic carbocycles. The van der Waals surface area contributed by atoms with E-state index in [1.165, 1.54) is 0 Å². The second-order valence-electron chi connectivity index (χ2n) is 3.96. The summed E-state index contributed by atoms with van der Waals surface area (Å²) in [6.07, 6.45) is 0. The number of aryl methyl sites for hydroxylation is 1. The van der Waals surface area contributed by atoms with E-state index in [1.807, 2.05) is 12.1 Å². The topological polar surface area (TPSA) is 71.5 Å². The Kier molecular flexibility index (Phi) is 3.50. The molecule has 0 radical (unpaired) electrons. The number of nitrogens with two attached hydrogens (primary N) is 1. The highest BCUT2D eigenvalue weighted by atomic mass is 16.5. The third-order valence-corrected chi connectivity index (χ3v) is 2.90. The molecular formula is C13H17N3O3. The lowest BCUT2D eigenvalue weighted by atomic mass is 10.1. The number of aromatic nitrogens is 2. The van der Waals surface area contributed by atoms with Crippen molar-refractivity contribution in [3.63, 3.8) is 0 Å². The Morgan fingerprint density at radius 1 is 1.05 bits per heavy atom. The van der Waals surface area contributed by atoms with Crippen LogP contribution in [0.1, 0.15) is 0 Å². The van der Waals surface area contributed by atoms with E-state index in [9.17, 15) is 0 Å². The van der Waals surface area contributed by atoms with Crippen molar-refractivity contribution < 1.29 is 14.2 Å². The molecule has 19 heavy (non-hydrogen) atoms. The molecule has 1 heterocycles. The maximum absolute atomic E-state index is 5.80. The molecule has 0 fully saturated rings. The number of anilines is 1. The molecule has 102 valence electrons. The molecule has 0 aliphatic rings. The van der Waals surface area contributed by atoms with Crippen LogP contribution in [0.2, 0.25) is 0 Å². The highest BCUT2D eigenvalue weighted by Crippen LogP contribution is 2.43. The van der Waals surface area contributed by atoms with Crippen molar-refractivity contribution >= 4 is 5.82 Å². The fraction of sp³-hybridized carbons (Fsp3) is 0.308. The van der Waals surface area contributed by atoms with Gasteiger partial charge in [-0.3, -0.25) is 4.68 Å². The molecular weight excluding hydrogens is 246 g/mol. The van der Waals surface area contributed by atoms with Crippen LogP contribution in [-0.4, -0.2) is 31.1 Å². The molecule has 0 unspecified atom stereocenters. The molecule has 0 saturated carbocycles. The van der Waals surface area contributed by atoms with Crippen LogP contribution in [-0.2, 0) is 7.05 Å². The molecule has 0 aliphatic carbocycles. The Bertz CT molecular complexity index is 574. The van der Waals surface area contributed by atoms with Crippen molar-refractivity contribution in [2.45, 2.75) is 0 Å². The summed E-state index contributed by atoms with van der Waals surface area (Å²) in [5, 5.41) is 4.34. The average molecular weight is 263 g/mol. The van der Waals surface area contributed by atoms with Gasteiger partial charge in [-0.05, 0) is 12.1 Å². The zero-order chi connectivity index (χ0) is 14.0. The number of rotatable bonds is 4. The van der Waals surface area contributed by atoms with E-state index in [0.717, 1.165) is 11.3 Å². The van der Waals surface area contributed by atoms with Crippen molar-refractivity contribution in [2.24, 2.45) is 7.05 Å². The largest absolute Gasteiger partial charge is 0.493 e. The zero-order valence-electron chi connectivity index (χ0n) is 11.4. The molecule has 2 rings (SSSR count). The first-order chi connectivity index (χ1) is 9.12. The van der Waals surface area contributed by atoms with Gasteiger partial charge in [0.1, 0.15) is 5.82 Å². The second kappa shape index (κ2) is 5.09. The lowest BCUT2D eigenvalue weighted by Crippen LogP contribution is -1.98. The van der Waals surface area contributed by atoms with Crippen LogP contribution in [0.4, 0.5) is 5.82 Å². The fourth-order valence-corrected chi connectivity index (χ4v) is 1.92. The van der Waals surface area contributed by atoms with Crippen LogP contribution in [0, 0.1) is 0 Å². The number of hydrogen-bond acceptors (Lipinski definition) is 5. The summed E-state index contributed by atoms with van der Waals surface area (Å²) in [4.78, 5) is 0. The molecule has 0 amide bonds. The minimum absolute atomic E-state index is 0.534. The van der Waals surface area contributed by atoms with E-state index < -0.39 is 0 Å². The SMILES string of the molecule is COc1ccc(-c2cc(N)n(C)n2)c(OC)c1OC. The van der Waals surface area contributed by atoms with Gasteiger partial charge < -0.3 is 19.9 Å². The van der Waals surface area contributed by atoms with E-state index in [1.54, 1.807) is 39.1 Å². The van der Waals surface area contributed by atoms with Gasteiger partial charge in [-0.25, -0.2) is 0 Å². The van der Waals surface area contributed by atoms with Gasteiger partial charge in [0.25, 0.3) is 0 Å². The van der Waals surface area contributed by atoms with Crippen molar-refractivity contribution in [2.75, 3.05) is 27.1 Å². The van der Waals surface area contributed by atoms with Gasteiger partial charge in [-0.15, -0.1) is 0 Å². The smallest absolute Gasteiger partial charge is 0.203 e. The maximum Gasteiger partial charge on any atom is 0.203 e. The predicted octanol–water partition coefficient (Wildman–Crippen LogP) is 1.70. The van der Waals surface area contributed by atoms with Gasteiger partial charge >= 0.3 is 0 Å². The Labute approximate surface area is 111 Å². The third-order valence-electron chi connectivity index (χ3n) is 2.90. The predicted molar refractivity (Wildman–Crippen MR) is 72.7 cm³/mol. The lowest BCUT2D eigenvalue weighted by molar-refractivity contribution is 0.325. The van der Waals surface area contributed by atoms with Crippen LogP contribution >= 0.6 is 0 Å². The van der Waals surface area contributed by atoms with Crippen LogP contribution in [0.5, 0.6) is 17.2 Å². The zero-order valence-corrected chi connectivity index (χ0v) is 11.4. The van der Waals surface area contributed by atoms with Crippen molar-refractivity contribution in [3.8, 4) is 28.5 Å². The number of hydrogen-bond donors (Lipinski definition) is 1. The summed E-state index contributed by atoms with van der Waals surface area (Å²) in [6.45, 7) is 0. The first-order valence-corrected chi connectivity index (χ1v) is 5.71. The molecule has 0 aliphatic heterocycles. The van der Waals surface area contributed by atoms with Gasteiger partial charge in [0.15, 0.2) is 11.5 Å². The number of methoxy groups -OCH3 is 3. The van der Waals surface area contributed by atoms with Crippen molar-refractivity contribution in [3.05, 3.63) is 18.2 Å². The highest BCUT2D eigenvalue weighted by Gasteiger charge is 2.18. The minimum atomic E-state index is 0.534. The summed E-state index contributed by atoms with van der Waals surface area (Å²) in [5.74, 6) is 2.28. The summed E-state index contributed by atoms with van der Waals surface area (Å²) in [7, 11) is 6.51. The number of ether oxygens (including phenoxy) is 3. The third kappa shape index (κ3) is 2.16. The first-order valence-electron chi connectivity index (χ1n) is 5.71. The lowest BCUT2D eigenvalue weighted by Gasteiger charge is -2.14. The molecule has 0 bridgehead atoms. The van der Waals surface area contributed by atoms with Gasteiger partial charge in [-0.2, -0.15) is 5.10 Å². The van der Waals surface area contributed by atoms with Crippen molar-refractivity contribution in [1.82, 2.24) is 9.78 Å².